The molecule has 1 heterocycles. The summed E-state index contributed by atoms with van der Waals surface area (Å²) in [6, 6.07) is 10.2. The molecule has 1 aromatic rings. The van der Waals surface area contributed by atoms with Gasteiger partial charge in [-0.05, 0) is 18.4 Å². The standard InChI is InChI=1S/C11H14N3S/c1-9-12-11(15-2)13-14(9)8-10-6-4-3-5-7-10/h3-9H,1-2H3,(H,12,13)/q+1/b14-8-. The highest BCUT2D eigenvalue weighted by molar-refractivity contribution is 8.13. The second-order valence-electron chi connectivity index (χ2n) is 3.33. The van der Waals surface area contributed by atoms with Crippen LogP contribution in [0.5, 0.6) is 0 Å². The minimum absolute atomic E-state index is 0.160. The van der Waals surface area contributed by atoms with Crippen molar-refractivity contribution in [2.75, 3.05) is 6.26 Å². The van der Waals surface area contributed by atoms with Crippen molar-refractivity contribution >= 4 is 23.1 Å². The first-order chi connectivity index (χ1) is 7.29. The SMILES string of the molecule is CSC1=NC(C)/[N+](=C/c2ccccc2)N1. The molecule has 0 spiro atoms. The summed E-state index contributed by atoms with van der Waals surface area (Å²) in [6.45, 7) is 2.07. The second kappa shape index (κ2) is 4.49. The number of thioether (sulfide) groups is 1. The lowest BCUT2D eigenvalue weighted by atomic mass is 10.2. The van der Waals surface area contributed by atoms with Crippen LogP contribution in [-0.2, 0) is 0 Å². The van der Waals surface area contributed by atoms with Gasteiger partial charge in [-0.25, -0.2) is 0 Å². The molecular weight excluding hydrogens is 206 g/mol. The molecule has 0 radical (unpaired) electrons. The molecule has 15 heavy (non-hydrogen) atoms. The Morgan fingerprint density at radius 2 is 2.13 bits per heavy atom. The third-order valence-corrected chi connectivity index (χ3v) is 2.80. The normalized spacial score (nSPS) is 22.7. The highest BCUT2D eigenvalue weighted by Gasteiger charge is 2.24. The van der Waals surface area contributed by atoms with Gasteiger partial charge < -0.3 is 0 Å². The summed E-state index contributed by atoms with van der Waals surface area (Å²) in [5.74, 6) is 0. The minimum Gasteiger partial charge on any atom is -0.186 e. The van der Waals surface area contributed by atoms with E-state index < -0.39 is 0 Å². The van der Waals surface area contributed by atoms with E-state index in [-0.39, 0.29) is 6.17 Å². The lowest BCUT2D eigenvalue weighted by molar-refractivity contribution is -0.586. The van der Waals surface area contributed by atoms with Crippen LogP contribution in [-0.4, -0.2) is 28.5 Å². The van der Waals surface area contributed by atoms with Crippen LogP contribution in [0.15, 0.2) is 35.3 Å². The van der Waals surface area contributed by atoms with Gasteiger partial charge in [0, 0.05) is 12.5 Å². The van der Waals surface area contributed by atoms with E-state index in [9.17, 15) is 0 Å². The average molecular weight is 220 g/mol. The van der Waals surface area contributed by atoms with Crippen molar-refractivity contribution in [2.45, 2.75) is 13.1 Å². The van der Waals surface area contributed by atoms with Crippen molar-refractivity contribution < 1.29 is 4.68 Å². The first-order valence-corrected chi connectivity index (χ1v) is 6.09. The highest BCUT2D eigenvalue weighted by atomic mass is 32.2. The van der Waals surface area contributed by atoms with Crippen LogP contribution >= 0.6 is 11.8 Å². The van der Waals surface area contributed by atoms with Crippen LogP contribution in [0.2, 0.25) is 0 Å². The number of nitrogens with zero attached hydrogens (tertiary/aromatic N) is 2. The van der Waals surface area contributed by atoms with Crippen LogP contribution in [0.4, 0.5) is 0 Å². The fourth-order valence-electron chi connectivity index (χ4n) is 1.40. The molecule has 78 valence electrons. The third kappa shape index (κ3) is 2.39. The second-order valence-corrected chi connectivity index (χ2v) is 4.12. The molecule has 3 nitrogen and oxygen atoms in total. The molecule has 1 N–H and O–H groups in total. The van der Waals surface area contributed by atoms with Gasteiger partial charge in [0.25, 0.3) is 6.17 Å². The zero-order valence-electron chi connectivity index (χ0n) is 8.84. The maximum absolute atomic E-state index is 4.45. The van der Waals surface area contributed by atoms with Crippen LogP contribution < -0.4 is 5.43 Å². The van der Waals surface area contributed by atoms with Gasteiger partial charge >= 0.3 is 0 Å². The summed E-state index contributed by atoms with van der Waals surface area (Å²) >= 11 is 1.63. The quantitative estimate of drug-likeness (QED) is 0.729. The topological polar surface area (TPSA) is 27.4 Å². The van der Waals surface area contributed by atoms with Gasteiger partial charge in [0.1, 0.15) is 0 Å². The molecule has 1 unspecified atom stereocenters. The summed E-state index contributed by atoms with van der Waals surface area (Å²) in [4.78, 5) is 4.45. The van der Waals surface area contributed by atoms with Gasteiger partial charge in [0.15, 0.2) is 0 Å². The number of hydrogen-bond acceptors (Lipinski definition) is 3. The molecule has 0 saturated carbocycles. The van der Waals surface area contributed by atoms with Crippen LogP contribution in [0.25, 0.3) is 0 Å². The van der Waals surface area contributed by atoms with Crippen molar-refractivity contribution in [3.05, 3.63) is 35.9 Å². The number of rotatable bonds is 1. The van der Waals surface area contributed by atoms with E-state index in [1.54, 1.807) is 11.8 Å². The smallest absolute Gasteiger partial charge is 0.186 e. The van der Waals surface area contributed by atoms with Crippen LogP contribution in [0.3, 0.4) is 0 Å². The van der Waals surface area contributed by atoms with Gasteiger partial charge in [-0.15, -0.1) is 5.43 Å². The molecule has 0 saturated heterocycles. The molecule has 1 aliphatic heterocycles. The van der Waals surface area contributed by atoms with E-state index in [0.29, 0.717) is 0 Å². The average Bonchev–Trinajstić information content (AvgIpc) is 2.61. The predicted molar refractivity (Wildman–Crippen MR) is 65.4 cm³/mol. The molecular formula is C11H14N3S+. The summed E-state index contributed by atoms with van der Waals surface area (Å²) in [7, 11) is 0. The number of aliphatic imine (C=N–C) groups is 1. The Kier molecular flexibility index (Phi) is 3.06. The number of hydrazine groups is 1. The number of hydrazone groups is 1. The van der Waals surface area contributed by atoms with Gasteiger partial charge in [0.2, 0.25) is 11.4 Å². The van der Waals surface area contributed by atoms with E-state index in [4.69, 9.17) is 0 Å². The molecule has 0 fully saturated rings. The summed E-state index contributed by atoms with van der Waals surface area (Å²) in [5.41, 5.74) is 4.40. The van der Waals surface area contributed by atoms with Gasteiger partial charge in [-0.3, -0.25) is 0 Å². The highest BCUT2D eigenvalue weighted by Crippen LogP contribution is 2.07. The number of nitrogens with one attached hydrogen (secondary N) is 1. The minimum atomic E-state index is 0.160. The number of amidine groups is 1. The molecule has 0 aliphatic carbocycles. The fourth-order valence-corrected chi connectivity index (χ4v) is 1.86. The Balaban J connectivity index is 2.17. The number of hydrogen-bond donors (Lipinski definition) is 1. The largest absolute Gasteiger partial charge is 0.273 e. The summed E-state index contributed by atoms with van der Waals surface area (Å²) < 4.78 is 2.02. The summed E-state index contributed by atoms with van der Waals surface area (Å²) in [6.07, 6.45) is 4.25. The van der Waals surface area contributed by atoms with E-state index in [1.807, 2.05) is 29.1 Å². The van der Waals surface area contributed by atoms with Crippen molar-refractivity contribution in [1.82, 2.24) is 5.43 Å². The van der Waals surface area contributed by atoms with Crippen molar-refractivity contribution in [2.24, 2.45) is 4.99 Å². The van der Waals surface area contributed by atoms with Gasteiger partial charge in [-0.1, -0.05) is 34.6 Å². The van der Waals surface area contributed by atoms with E-state index in [1.165, 1.54) is 5.56 Å². The predicted octanol–water partition coefficient (Wildman–Crippen LogP) is 1.70. The molecule has 0 amide bonds. The zero-order valence-corrected chi connectivity index (χ0v) is 9.66. The number of benzene rings is 1. The molecule has 0 aromatic heterocycles. The Morgan fingerprint density at radius 1 is 1.40 bits per heavy atom. The summed E-state index contributed by atoms with van der Waals surface area (Å²) in [5, 5.41) is 0.967. The van der Waals surface area contributed by atoms with Crippen LogP contribution in [0, 0.1) is 0 Å². The first-order valence-electron chi connectivity index (χ1n) is 4.86. The van der Waals surface area contributed by atoms with Crippen LogP contribution in [0.1, 0.15) is 12.5 Å². The Labute approximate surface area is 93.9 Å². The fraction of sp³-hybridized carbons (Fsp3) is 0.273. The third-order valence-electron chi connectivity index (χ3n) is 2.21. The molecule has 2 rings (SSSR count). The molecule has 0 bridgehead atoms. The lowest BCUT2D eigenvalue weighted by Crippen LogP contribution is -2.30. The molecule has 1 atom stereocenters. The Morgan fingerprint density at radius 3 is 2.73 bits per heavy atom. The maximum Gasteiger partial charge on any atom is 0.273 e. The van der Waals surface area contributed by atoms with E-state index >= 15 is 0 Å². The Hall–Kier alpha value is -1.29. The zero-order chi connectivity index (χ0) is 10.7. The Bertz CT molecular complexity index is 398. The molecule has 1 aliphatic rings. The monoisotopic (exact) mass is 220 g/mol. The lowest BCUT2D eigenvalue weighted by Gasteiger charge is -1.97. The van der Waals surface area contributed by atoms with E-state index in [0.717, 1.165) is 5.17 Å². The maximum atomic E-state index is 4.45. The van der Waals surface area contributed by atoms with E-state index in [2.05, 4.69) is 35.7 Å². The van der Waals surface area contributed by atoms with Gasteiger partial charge in [0.05, 0.1) is 0 Å². The molecule has 4 heteroatoms. The van der Waals surface area contributed by atoms with Gasteiger partial charge in [-0.2, -0.15) is 4.99 Å². The van der Waals surface area contributed by atoms with Crippen molar-refractivity contribution in [3.63, 3.8) is 0 Å². The van der Waals surface area contributed by atoms with Crippen molar-refractivity contribution in [3.8, 4) is 0 Å². The first kappa shape index (κ1) is 10.2. The van der Waals surface area contributed by atoms with Crippen molar-refractivity contribution in [1.29, 1.82) is 0 Å². The molecule has 1 aromatic carbocycles.